The van der Waals surface area contributed by atoms with Crippen molar-refractivity contribution in [3.63, 3.8) is 0 Å². The summed E-state index contributed by atoms with van der Waals surface area (Å²) in [4.78, 5) is 20.0. The van der Waals surface area contributed by atoms with E-state index in [0.717, 1.165) is 0 Å². The van der Waals surface area contributed by atoms with Gasteiger partial charge in [0.2, 0.25) is 5.91 Å². The van der Waals surface area contributed by atoms with Crippen LogP contribution >= 0.6 is 11.3 Å². The molecule has 0 fully saturated rings. The predicted octanol–water partition coefficient (Wildman–Crippen LogP) is 1.99. The van der Waals surface area contributed by atoms with Crippen molar-refractivity contribution in [3.05, 3.63) is 52.2 Å². The molecule has 0 saturated carbocycles. The molecule has 150 valence electrons. The van der Waals surface area contributed by atoms with E-state index in [1.807, 2.05) is 25.5 Å². The number of aliphatic imine (C=N–C) groups is 1. The minimum absolute atomic E-state index is 0.0315. The number of fused-ring (bicyclic) bond motifs is 1. The molecule has 0 spiro atoms. The van der Waals surface area contributed by atoms with E-state index in [4.69, 9.17) is 0 Å². The Labute approximate surface area is 169 Å². The number of nitrogens with zero attached hydrogens (tertiary/aromatic N) is 2. The Morgan fingerprint density at radius 3 is 2.75 bits per heavy atom. The fourth-order valence-electron chi connectivity index (χ4n) is 3.00. The highest BCUT2D eigenvalue weighted by Gasteiger charge is 2.29. The molecule has 1 atom stereocenters. The van der Waals surface area contributed by atoms with E-state index < -0.39 is 10.0 Å². The molecule has 1 aliphatic rings. The number of nitrogens with one attached hydrogen (secondary N) is 2. The van der Waals surface area contributed by atoms with Crippen LogP contribution in [0.5, 0.6) is 0 Å². The number of hydrogen-bond acceptors (Lipinski definition) is 6. The Morgan fingerprint density at radius 1 is 1.25 bits per heavy atom. The van der Waals surface area contributed by atoms with Crippen molar-refractivity contribution in [2.45, 2.75) is 23.8 Å². The lowest BCUT2D eigenvalue weighted by molar-refractivity contribution is -0.121. The van der Waals surface area contributed by atoms with E-state index in [1.165, 1.54) is 4.88 Å². The van der Waals surface area contributed by atoms with E-state index in [-0.39, 0.29) is 16.8 Å². The molecule has 1 aliphatic heterocycles. The van der Waals surface area contributed by atoms with Gasteiger partial charge in [-0.15, -0.1) is 11.3 Å². The molecule has 0 bridgehead atoms. The summed E-state index contributed by atoms with van der Waals surface area (Å²) in [5, 5.41) is 5.01. The molecule has 2 aromatic rings. The van der Waals surface area contributed by atoms with Crippen LogP contribution in [0.15, 0.2) is 51.7 Å². The van der Waals surface area contributed by atoms with Crippen LogP contribution in [0.1, 0.15) is 29.3 Å². The van der Waals surface area contributed by atoms with Crippen molar-refractivity contribution < 1.29 is 13.2 Å². The lowest BCUT2D eigenvalue weighted by Crippen LogP contribution is -2.34. The highest BCUT2D eigenvalue weighted by molar-refractivity contribution is 7.90. The van der Waals surface area contributed by atoms with Crippen molar-refractivity contribution in [1.82, 2.24) is 14.9 Å². The Balaban J connectivity index is 1.48. The molecule has 3 rings (SSSR count). The number of amidine groups is 1. The predicted molar refractivity (Wildman–Crippen MR) is 111 cm³/mol. The zero-order valence-electron chi connectivity index (χ0n) is 15.9. The van der Waals surface area contributed by atoms with Crippen molar-refractivity contribution in [1.29, 1.82) is 0 Å². The molecule has 9 heteroatoms. The van der Waals surface area contributed by atoms with Gasteiger partial charge in [-0.05, 0) is 44.1 Å². The number of likely N-dealkylation sites (N-methyl/N-ethyl adjacent to an activating group) is 1. The van der Waals surface area contributed by atoms with E-state index >= 15 is 0 Å². The zero-order valence-corrected chi connectivity index (χ0v) is 17.5. The van der Waals surface area contributed by atoms with Gasteiger partial charge < -0.3 is 10.2 Å². The minimum atomic E-state index is -3.52. The Bertz CT molecular complexity index is 953. The molecule has 0 saturated heterocycles. The van der Waals surface area contributed by atoms with Gasteiger partial charge in [0.05, 0.1) is 10.9 Å². The SMILES string of the molecule is CN(C)C(CNC(=O)CCCN=C1NS(=O)(=O)c2ccccc21)c1cccs1. The number of amides is 1. The summed E-state index contributed by atoms with van der Waals surface area (Å²) in [7, 11) is 0.467. The number of rotatable bonds is 8. The molecular weight excluding hydrogens is 396 g/mol. The molecule has 2 N–H and O–H groups in total. The second-order valence-electron chi connectivity index (χ2n) is 6.73. The largest absolute Gasteiger partial charge is 0.354 e. The van der Waals surface area contributed by atoms with Gasteiger partial charge in [0, 0.05) is 30.0 Å². The van der Waals surface area contributed by atoms with Crippen molar-refractivity contribution in [3.8, 4) is 0 Å². The molecule has 1 aromatic carbocycles. The van der Waals surface area contributed by atoms with Gasteiger partial charge in [0.1, 0.15) is 5.84 Å². The first-order valence-electron chi connectivity index (χ1n) is 9.01. The van der Waals surface area contributed by atoms with Crippen LogP contribution in [0.3, 0.4) is 0 Å². The molecule has 1 aromatic heterocycles. The van der Waals surface area contributed by atoms with E-state index in [1.54, 1.807) is 35.6 Å². The standard InChI is InChI=1S/C19H24N4O3S2/c1-23(2)15(16-8-6-12-27-16)13-21-18(24)10-5-11-20-19-14-7-3-4-9-17(14)28(25,26)22-19/h3-4,6-9,12,15H,5,10-11,13H2,1-2H3,(H,20,22)(H,21,24). The second-order valence-corrected chi connectivity index (χ2v) is 9.36. The zero-order chi connectivity index (χ0) is 20.1. The highest BCUT2D eigenvalue weighted by atomic mass is 32.2. The van der Waals surface area contributed by atoms with Crippen LogP contribution < -0.4 is 10.0 Å². The number of benzene rings is 1. The number of sulfonamides is 1. The molecule has 1 unspecified atom stereocenters. The summed E-state index contributed by atoms with van der Waals surface area (Å²) in [6.07, 6.45) is 0.890. The van der Waals surface area contributed by atoms with Gasteiger partial charge in [-0.3, -0.25) is 14.5 Å². The molecule has 0 radical (unpaired) electrons. The summed E-state index contributed by atoms with van der Waals surface area (Å²) in [6.45, 7) is 0.926. The van der Waals surface area contributed by atoms with Crippen LogP contribution in [0.4, 0.5) is 0 Å². The maximum absolute atomic E-state index is 12.2. The first-order chi connectivity index (χ1) is 13.4. The average Bonchev–Trinajstić information content (AvgIpc) is 3.26. The van der Waals surface area contributed by atoms with Crippen LogP contribution in [0.25, 0.3) is 0 Å². The van der Waals surface area contributed by atoms with Gasteiger partial charge in [-0.1, -0.05) is 18.2 Å². The molecule has 2 heterocycles. The third-order valence-corrected chi connectivity index (χ3v) is 6.85. The monoisotopic (exact) mass is 420 g/mol. The van der Waals surface area contributed by atoms with Crippen LogP contribution in [-0.4, -0.2) is 52.2 Å². The van der Waals surface area contributed by atoms with E-state index in [2.05, 4.69) is 26.0 Å². The minimum Gasteiger partial charge on any atom is -0.354 e. The number of carbonyl (C=O) groups is 1. The van der Waals surface area contributed by atoms with Crippen LogP contribution in [-0.2, 0) is 14.8 Å². The summed E-state index contributed by atoms with van der Waals surface area (Å²) in [5.41, 5.74) is 0.580. The molecule has 0 aliphatic carbocycles. The lowest BCUT2D eigenvalue weighted by Gasteiger charge is -2.23. The first kappa shape index (κ1) is 20.5. The number of carbonyl (C=O) groups excluding carboxylic acids is 1. The van der Waals surface area contributed by atoms with Crippen molar-refractivity contribution in [2.24, 2.45) is 4.99 Å². The summed E-state index contributed by atoms with van der Waals surface area (Å²) < 4.78 is 26.6. The number of hydrogen-bond donors (Lipinski definition) is 2. The second kappa shape index (κ2) is 8.85. The fraction of sp³-hybridized carbons (Fsp3) is 0.368. The number of thiophene rings is 1. The fourth-order valence-corrected chi connectivity index (χ4v) is 5.17. The molecule has 28 heavy (non-hydrogen) atoms. The Kier molecular flexibility index (Phi) is 6.48. The van der Waals surface area contributed by atoms with Gasteiger partial charge in [0.25, 0.3) is 10.0 Å². The van der Waals surface area contributed by atoms with Crippen molar-refractivity contribution in [2.75, 3.05) is 27.2 Å². The van der Waals surface area contributed by atoms with Crippen LogP contribution in [0.2, 0.25) is 0 Å². The highest BCUT2D eigenvalue weighted by Crippen LogP contribution is 2.23. The van der Waals surface area contributed by atoms with E-state index in [0.29, 0.717) is 37.3 Å². The third kappa shape index (κ3) is 4.78. The Morgan fingerprint density at radius 2 is 2.04 bits per heavy atom. The molecule has 1 amide bonds. The normalized spacial score (nSPS) is 17.3. The van der Waals surface area contributed by atoms with Gasteiger partial charge >= 0.3 is 0 Å². The molecule has 7 nitrogen and oxygen atoms in total. The maximum Gasteiger partial charge on any atom is 0.263 e. The first-order valence-corrected chi connectivity index (χ1v) is 11.4. The smallest absolute Gasteiger partial charge is 0.263 e. The van der Waals surface area contributed by atoms with Crippen LogP contribution in [0, 0.1) is 0 Å². The van der Waals surface area contributed by atoms with Gasteiger partial charge in [-0.25, -0.2) is 8.42 Å². The summed E-state index contributed by atoms with van der Waals surface area (Å²) >= 11 is 1.67. The van der Waals surface area contributed by atoms with E-state index in [9.17, 15) is 13.2 Å². The summed E-state index contributed by atoms with van der Waals surface area (Å²) in [6, 6.07) is 11.0. The lowest BCUT2D eigenvalue weighted by atomic mass is 10.2. The van der Waals surface area contributed by atoms with Gasteiger partial charge in [0.15, 0.2) is 0 Å². The topological polar surface area (TPSA) is 90.9 Å². The summed E-state index contributed by atoms with van der Waals surface area (Å²) in [5.74, 6) is 0.317. The maximum atomic E-state index is 12.2. The quantitative estimate of drug-likeness (QED) is 0.639. The average molecular weight is 421 g/mol. The van der Waals surface area contributed by atoms with Gasteiger partial charge in [-0.2, -0.15) is 0 Å². The Hall–Kier alpha value is -2.23. The third-order valence-electron chi connectivity index (χ3n) is 4.48. The molecular formula is C19H24N4O3S2. The van der Waals surface area contributed by atoms with Crippen molar-refractivity contribution >= 4 is 33.1 Å².